The third kappa shape index (κ3) is 2.05. The summed E-state index contributed by atoms with van der Waals surface area (Å²) >= 11 is 4.99. The summed E-state index contributed by atoms with van der Waals surface area (Å²) in [5.41, 5.74) is -0.116. The monoisotopic (exact) mass is 273 g/mol. The molecule has 96 valence electrons. The van der Waals surface area contributed by atoms with Crippen molar-refractivity contribution in [3.05, 3.63) is 34.4 Å². The molecule has 2 aromatic rings. The Bertz CT molecular complexity index is 633. The van der Waals surface area contributed by atoms with E-state index in [4.69, 9.17) is 12.2 Å². The first-order valence-corrected chi connectivity index (χ1v) is 5.76. The maximum absolute atomic E-state index is 13.7. The zero-order valence-corrected chi connectivity index (χ0v) is 10.3. The lowest BCUT2D eigenvalue weighted by Crippen LogP contribution is -2.03. The molecular formula is C11H10F3N3S. The van der Waals surface area contributed by atoms with Crippen molar-refractivity contribution in [3.8, 4) is 11.4 Å². The van der Waals surface area contributed by atoms with E-state index in [0.29, 0.717) is 11.3 Å². The molecule has 1 N–H and O–H groups in total. The average molecular weight is 273 g/mol. The van der Waals surface area contributed by atoms with Gasteiger partial charge >= 0.3 is 0 Å². The first-order valence-electron chi connectivity index (χ1n) is 5.35. The predicted molar refractivity (Wildman–Crippen MR) is 63.0 cm³/mol. The van der Waals surface area contributed by atoms with E-state index in [-0.39, 0.29) is 11.4 Å². The Labute approximate surface area is 106 Å². The first kappa shape index (κ1) is 12.8. The summed E-state index contributed by atoms with van der Waals surface area (Å²) in [6.45, 7) is 2.43. The van der Waals surface area contributed by atoms with E-state index < -0.39 is 17.5 Å². The highest BCUT2D eigenvalue weighted by molar-refractivity contribution is 7.71. The van der Waals surface area contributed by atoms with E-state index in [2.05, 4.69) is 10.2 Å². The fraction of sp³-hybridized carbons (Fsp3) is 0.273. The molecule has 1 aromatic heterocycles. The Morgan fingerprint density at radius 3 is 2.67 bits per heavy atom. The fourth-order valence-electron chi connectivity index (χ4n) is 1.65. The van der Waals surface area contributed by atoms with Crippen molar-refractivity contribution in [3.63, 3.8) is 0 Å². The number of H-pyrrole nitrogens is 1. The van der Waals surface area contributed by atoms with Crippen LogP contribution >= 0.6 is 12.2 Å². The topological polar surface area (TPSA) is 33.6 Å². The van der Waals surface area contributed by atoms with Crippen molar-refractivity contribution >= 4 is 12.2 Å². The molecule has 0 fully saturated rings. The van der Waals surface area contributed by atoms with Crippen molar-refractivity contribution < 1.29 is 13.2 Å². The molecule has 2 rings (SSSR count). The summed E-state index contributed by atoms with van der Waals surface area (Å²) in [4.78, 5) is 0. The lowest BCUT2D eigenvalue weighted by Gasteiger charge is -2.06. The van der Waals surface area contributed by atoms with Gasteiger partial charge in [-0.2, -0.15) is 5.10 Å². The maximum Gasteiger partial charge on any atom is 0.195 e. The lowest BCUT2D eigenvalue weighted by molar-refractivity contribution is 0.448. The van der Waals surface area contributed by atoms with Gasteiger partial charge in [-0.3, -0.25) is 5.10 Å². The van der Waals surface area contributed by atoms with E-state index in [1.807, 2.05) is 6.92 Å². The number of rotatable bonds is 3. The van der Waals surface area contributed by atoms with Crippen LogP contribution < -0.4 is 0 Å². The number of benzene rings is 1. The van der Waals surface area contributed by atoms with Crippen LogP contribution in [0.3, 0.4) is 0 Å². The number of halogens is 3. The van der Waals surface area contributed by atoms with Gasteiger partial charge in [0.05, 0.1) is 5.56 Å². The molecule has 0 unspecified atom stereocenters. The smallest absolute Gasteiger partial charge is 0.195 e. The molecule has 0 radical (unpaired) electrons. The highest BCUT2D eigenvalue weighted by atomic mass is 32.1. The van der Waals surface area contributed by atoms with Crippen LogP contribution in [0, 0.1) is 22.2 Å². The van der Waals surface area contributed by atoms with Crippen LogP contribution in [-0.4, -0.2) is 14.8 Å². The average Bonchev–Trinajstić information content (AvgIpc) is 2.70. The Morgan fingerprint density at radius 1 is 1.28 bits per heavy atom. The van der Waals surface area contributed by atoms with Gasteiger partial charge in [-0.05, 0) is 30.8 Å². The number of hydrogen-bond acceptors (Lipinski definition) is 2. The molecule has 0 saturated carbocycles. The summed E-state index contributed by atoms with van der Waals surface area (Å²) in [5.74, 6) is -3.84. The van der Waals surface area contributed by atoms with Crippen molar-refractivity contribution in [2.24, 2.45) is 0 Å². The van der Waals surface area contributed by atoms with Gasteiger partial charge in [0, 0.05) is 6.54 Å². The summed E-state index contributed by atoms with van der Waals surface area (Å²) in [5, 5.41) is 6.37. The lowest BCUT2D eigenvalue weighted by atomic mass is 10.2. The van der Waals surface area contributed by atoms with Gasteiger partial charge in [0.1, 0.15) is 0 Å². The molecule has 3 nitrogen and oxygen atoms in total. The van der Waals surface area contributed by atoms with Crippen LogP contribution in [0.15, 0.2) is 12.1 Å². The normalized spacial score (nSPS) is 10.9. The molecule has 7 heteroatoms. The largest absolute Gasteiger partial charge is 0.300 e. The third-order valence-electron chi connectivity index (χ3n) is 2.48. The molecule has 0 aliphatic carbocycles. The van der Waals surface area contributed by atoms with Crippen molar-refractivity contribution in [2.75, 3.05) is 0 Å². The van der Waals surface area contributed by atoms with Crippen LogP contribution in [0.4, 0.5) is 13.2 Å². The van der Waals surface area contributed by atoms with Gasteiger partial charge < -0.3 is 4.57 Å². The number of nitrogens with one attached hydrogen (secondary N) is 1. The minimum Gasteiger partial charge on any atom is -0.300 e. The first-order chi connectivity index (χ1) is 8.56. The molecular weight excluding hydrogens is 263 g/mol. The third-order valence-corrected chi connectivity index (χ3v) is 2.79. The molecule has 0 atom stereocenters. The summed E-state index contributed by atoms with van der Waals surface area (Å²) in [7, 11) is 0. The van der Waals surface area contributed by atoms with Crippen molar-refractivity contribution in [1.29, 1.82) is 0 Å². The Morgan fingerprint density at radius 2 is 2.00 bits per heavy atom. The minimum absolute atomic E-state index is 0.116. The Balaban J connectivity index is 2.63. The standard InChI is InChI=1S/C11H10F3N3S/c1-2-5-17-10(15-16-11(17)18)6-3-4-7(12)9(14)8(6)13/h3-4H,2,5H2,1H3,(H,16,18). The van der Waals surface area contributed by atoms with Crippen LogP contribution in [0.1, 0.15) is 13.3 Å². The van der Waals surface area contributed by atoms with Crippen LogP contribution in [-0.2, 0) is 6.54 Å². The second kappa shape index (κ2) is 4.93. The Hall–Kier alpha value is -1.63. The second-order valence-corrected chi connectivity index (χ2v) is 4.11. The maximum atomic E-state index is 13.7. The zero-order valence-electron chi connectivity index (χ0n) is 9.51. The Kier molecular flexibility index (Phi) is 3.51. The van der Waals surface area contributed by atoms with Gasteiger partial charge in [-0.1, -0.05) is 6.92 Å². The van der Waals surface area contributed by atoms with Gasteiger partial charge in [0.25, 0.3) is 0 Å². The minimum atomic E-state index is -1.51. The van der Waals surface area contributed by atoms with Crippen LogP contribution in [0.5, 0.6) is 0 Å². The zero-order chi connectivity index (χ0) is 13.3. The second-order valence-electron chi connectivity index (χ2n) is 3.73. The number of hydrogen-bond donors (Lipinski definition) is 1. The molecule has 0 amide bonds. The molecule has 0 saturated heterocycles. The molecule has 18 heavy (non-hydrogen) atoms. The van der Waals surface area contributed by atoms with E-state index in [1.54, 1.807) is 4.57 Å². The van der Waals surface area contributed by atoms with E-state index in [9.17, 15) is 13.2 Å². The quantitative estimate of drug-likeness (QED) is 0.686. The molecule has 1 aromatic carbocycles. The number of aromatic nitrogens is 3. The highest BCUT2D eigenvalue weighted by Gasteiger charge is 2.18. The predicted octanol–water partition coefficient (Wildman–Crippen LogP) is 3.43. The van der Waals surface area contributed by atoms with Gasteiger partial charge in [0.2, 0.25) is 0 Å². The molecule has 0 aliphatic heterocycles. The molecule has 0 aliphatic rings. The molecule has 0 spiro atoms. The number of nitrogens with zero attached hydrogens (tertiary/aromatic N) is 2. The highest BCUT2D eigenvalue weighted by Crippen LogP contribution is 2.24. The van der Waals surface area contributed by atoms with E-state index in [0.717, 1.165) is 18.6 Å². The van der Waals surface area contributed by atoms with Gasteiger partial charge in [-0.15, -0.1) is 0 Å². The summed E-state index contributed by atoms with van der Waals surface area (Å²) in [6.07, 6.45) is 0.756. The van der Waals surface area contributed by atoms with Crippen molar-refractivity contribution in [1.82, 2.24) is 14.8 Å². The SMILES string of the molecule is CCCn1c(-c2ccc(F)c(F)c2F)n[nH]c1=S. The fourth-order valence-corrected chi connectivity index (χ4v) is 1.88. The van der Waals surface area contributed by atoms with Crippen molar-refractivity contribution in [2.45, 2.75) is 19.9 Å². The summed E-state index contributed by atoms with van der Waals surface area (Å²) < 4.78 is 41.6. The molecule has 1 heterocycles. The van der Waals surface area contributed by atoms with Crippen LogP contribution in [0.2, 0.25) is 0 Å². The van der Waals surface area contributed by atoms with Gasteiger partial charge in [0.15, 0.2) is 28.0 Å². The van der Waals surface area contributed by atoms with Gasteiger partial charge in [-0.25, -0.2) is 13.2 Å². The van der Waals surface area contributed by atoms with Crippen LogP contribution in [0.25, 0.3) is 11.4 Å². The summed E-state index contributed by atoms with van der Waals surface area (Å²) in [6, 6.07) is 2.01. The van der Waals surface area contributed by atoms with E-state index >= 15 is 0 Å². The molecule has 0 bridgehead atoms. The number of aromatic amines is 1. The van der Waals surface area contributed by atoms with E-state index in [1.165, 1.54) is 0 Å².